The Morgan fingerprint density at radius 2 is 2.05 bits per heavy atom. The lowest BCUT2D eigenvalue weighted by molar-refractivity contribution is 0.0949. The van der Waals surface area contributed by atoms with Crippen molar-refractivity contribution >= 4 is 17.2 Å². The lowest BCUT2D eigenvalue weighted by Gasteiger charge is -2.01. The molecular weight excluding hydrogens is 284 g/mol. The third kappa shape index (κ3) is 3.35. The zero-order valence-corrected chi connectivity index (χ0v) is 12.1. The second kappa shape index (κ2) is 6.32. The molecule has 2 aromatic heterocycles. The summed E-state index contributed by atoms with van der Waals surface area (Å²) in [5.41, 5.74) is 1.20. The van der Waals surface area contributed by atoms with Crippen molar-refractivity contribution in [3.63, 3.8) is 0 Å². The van der Waals surface area contributed by atoms with Gasteiger partial charge in [0.2, 0.25) is 0 Å². The molecule has 0 saturated heterocycles. The number of aromatic nitrogens is 3. The average molecular weight is 298 g/mol. The van der Waals surface area contributed by atoms with Crippen LogP contribution in [-0.4, -0.2) is 27.4 Å². The van der Waals surface area contributed by atoms with E-state index in [-0.39, 0.29) is 5.91 Å². The maximum atomic E-state index is 12.0. The van der Waals surface area contributed by atoms with Crippen molar-refractivity contribution in [3.8, 4) is 5.69 Å². The molecule has 106 valence electrons. The number of benzene rings is 1. The van der Waals surface area contributed by atoms with Crippen LogP contribution in [-0.2, 0) is 6.42 Å². The van der Waals surface area contributed by atoms with Crippen LogP contribution in [0.3, 0.4) is 0 Å². The van der Waals surface area contributed by atoms with Crippen molar-refractivity contribution < 1.29 is 4.79 Å². The molecule has 3 rings (SSSR count). The summed E-state index contributed by atoms with van der Waals surface area (Å²) in [6, 6.07) is 13.6. The third-order valence-corrected chi connectivity index (χ3v) is 3.92. The summed E-state index contributed by atoms with van der Waals surface area (Å²) < 4.78 is 1.59. The van der Waals surface area contributed by atoms with Crippen LogP contribution in [0, 0.1) is 0 Å². The summed E-state index contributed by atoms with van der Waals surface area (Å²) in [4.78, 5) is 13.2. The van der Waals surface area contributed by atoms with Crippen molar-refractivity contribution in [2.24, 2.45) is 0 Å². The highest BCUT2D eigenvalue weighted by Crippen LogP contribution is 2.08. The van der Waals surface area contributed by atoms with Gasteiger partial charge in [0.15, 0.2) is 5.69 Å². The highest BCUT2D eigenvalue weighted by atomic mass is 32.1. The van der Waals surface area contributed by atoms with Crippen molar-refractivity contribution in [1.29, 1.82) is 0 Å². The largest absolute Gasteiger partial charge is 0.350 e. The average Bonchev–Trinajstić information content (AvgIpc) is 3.20. The first-order chi connectivity index (χ1) is 10.3. The maximum absolute atomic E-state index is 12.0. The van der Waals surface area contributed by atoms with Gasteiger partial charge in [0.25, 0.3) is 5.91 Å². The third-order valence-electron chi connectivity index (χ3n) is 2.98. The number of nitrogens with zero attached hydrogens (tertiary/aromatic N) is 3. The number of thiophene rings is 1. The number of rotatable bonds is 5. The number of amides is 1. The molecule has 0 aliphatic carbocycles. The van der Waals surface area contributed by atoms with Crippen molar-refractivity contribution in [2.75, 3.05) is 6.54 Å². The fourth-order valence-electron chi connectivity index (χ4n) is 1.92. The number of hydrogen-bond acceptors (Lipinski definition) is 4. The van der Waals surface area contributed by atoms with Gasteiger partial charge in [-0.2, -0.15) is 0 Å². The second-order valence-corrected chi connectivity index (χ2v) is 5.50. The Labute approximate surface area is 126 Å². The minimum absolute atomic E-state index is 0.200. The van der Waals surface area contributed by atoms with Crippen molar-refractivity contribution in [3.05, 3.63) is 64.6 Å². The maximum Gasteiger partial charge on any atom is 0.273 e. The Hall–Kier alpha value is -2.47. The van der Waals surface area contributed by atoms with Crippen LogP contribution >= 0.6 is 11.3 Å². The minimum atomic E-state index is -0.200. The fourth-order valence-corrected chi connectivity index (χ4v) is 2.63. The van der Waals surface area contributed by atoms with Gasteiger partial charge in [-0.25, -0.2) is 4.68 Å². The normalized spacial score (nSPS) is 10.5. The van der Waals surface area contributed by atoms with Crippen LogP contribution in [0.5, 0.6) is 0 Å². The van der Waals surface area contributed by atoms with Crippen LogP contribution in [0.4, 0.5) is 0 Å². The number of carbonyl (C=O) groups excluding carboxylic acids is 1. The van der Waals surface area contributed by atoms with Gasteiger partial charge in [0, 0.05) is 11.4 Å². The molecule has 0 unspecified atom stereocenters. The highest BCUT2D eigenvalue weighted by Gasteiger charge is 2.10. The monoisotopic (exact) mass is 298 g/mol. The summed E-state index contributed by atoms with van der Waals surface area (Å²) in [6.07, 6.45) is 2.46. The fraction of sp³-hybridized carbons (Fsp3) is 0.133. The summed E-state index contributed by atoms with van der Waals surface area (Å²) in [5.74, 6) is -0.200. The summed E-state index contributed by atoms with van der Waals surface area (Å²) in [5, 5.41) is 12.8. The molecule has 21 heavy (non-hydrogen) atoms. The van der Waals surface area contributed by atoms with Crippen LogP contribution < -0.4 is 5.32 Å². The van der Waals surface area contributed by atoms with E-state index in [0.29, 0.717) is 12.2 Å². The first-order valence-electron chi connectivity index (χ1n) is 6.61. The standard InChI is InChI=1S/C15H14N4OS/c20-15(16-9-8-13-7-4-10-21-13)14-11-19(18-17-14)12-5-2-1-3-6-12/h1-7,10-11H,8-9H2,(H,16,20). The van der Waals surface area contributed by atoms with E-state index < -0.39 is 0 Å². The van der Waals surface area contributed by atoms with E-state index in [1.807, 2.05) is 41.8 Å². The van der Waals surface area contributed by atoms with Crippen molar-refractivity contribution in [1.82, 2.24) is 20.3 Å². The smallest absolute Gasteiger partial charge is 0.273 e. The molecule has 0 atom stereocenters. The molecule has 1 N–H and O–H groups in total. The van der Waals surface area contributed by atoms with Gasteiger partial charge in [-0.3, -0.25) is 4.79 Å². The molecule has 6 heteroatoms. The van der Waals surface area contributed by atoms with E-state index in [2.05, 4.69) is 21.7 Å². The zero-order valence-electron chi connectivity index (χ0n) is 11.3. The molecule has 3 aromatic rings. The summed E-state index contributed by atoms with van der Waals surface area (Å²) in [7, 11) is 0. The van der Waals surface area contributed by atoms with Gasteiger partial charge >= 0.3 is 0 Å². The first kappa shape index (κ1) is 13.5. The molecule has 1 aromatic carbocycles. The molecular formula is C15H14N4OS. The minimum Gasteiger partial charge on any atom is -0.350 e. The number of hydrogen-bond donors (Lipinski definition) is 1. The Balaban J connectivity index is 1.59. The van der Waals surface area contributed by atoms with Crippen LogP contribution in [0.2, 0.25) is 0 Å². The Morgan fingerprint density at radius 3 is 2.81 bits per heavy atom. The lowest BCUT2D eigenvalue weighted by Crippen LogP contribution is -2.25. The Kier molecular flexibility index (Phi) is 4.07. The highest BCUT2D eigenvalue weighted by molar-refractivity contribution is 7.09. The molecule has 0 aliphatic heterocycles. The number of carbonyl (C=O) groups is 1. The van der Waals surface area contributed by atoms with E-state index in [1.54, 1.807) is 22.2 Å². The van der Waals surface area contributed by atoms with Crippen LogP contribution in [0.25, 0.3) is 5.69 Å². The molecule has 1 amide bonds. The van der Waals surface area contributed by atoms with Crippen LogP contribution in [0.15, 0.2) is 54.0 Å². The summed E-state index contributed by atoms with van der Waals surface area (Å²) >= 11 is 1.69. The molecule has 0 aliphatic rings. The summed E-state index contributed by atoms with van der Waals surface area (Å²) in [6.45, 7) is 0.595. The molecule has 0 saturated carbocycles. The molecule has 0 bridgehead atoms. The number of nitrogens with one attached hydrogen (secondary N) is 1. The van der Waals surface area contributed by atoms with E-state index >= 15 is 0 Å². The van der Waals surface area contributed by atoms with Gasteiger partial charge in [0.1, 0.15) is 0 Å². The molecule has 0 spiro atoms. The molecule has 0 radical (unpaired) electrons. The van der Waals surface area contributed by atoms with Gasteiger partial charge < -0.3 is 5.32 Å². The van der Waals surface area contributed by atoms with Crippen LogP contribution in [0.1, 0.15) is 15.4 Å². The van der Waals surface area contributed by atoms with E-state index in [1.165, 1.54) is 4.88 Å². The van der Waals surface area contributed by atoms with E-state index in [9.17, 15) is 4.79 Å². The SMILES string of the molecule is O=C(NCCc1cccs1)c1cn(-c2ccccc2)nn1. The molecule has 2 heterocycles. The van der Waals surface area contributed by atoms with E-state index in [0.717, 1.165) is 12.1 Å². The lowest BCUT2D eigenvalue weighted by atomic mass is 10.3. The zero-order chi connectivity index (χ0) is 14.5. The second-order valence-electron chi connectivity index (χ2n) is 4.47. The quantitative estimate of drug-likeness (QED) is 0.786. The Bertz CT molecular complexity index is 706. The molecule has 5 nitrogen and oxygen atoms in total. The topological polar surface area (TPSA) is 59.8 Å². The van der Waals surface area contributed by atoms with Crippen molar-refractivity contribution in [2.45, 2.75) is 6.42 Å². The van der Waals surface area contributed by atoms with Gasteiger partial charge in [0.05, 0.1) is 11.9 Å². The predicted octanol–water partition coefficient (Wildman–Crippen LogP) is 2.30. The number of para-hydroxylation sites is 1. The molecule has 0 fully saturated rings. The van der Waals surface area contributed by atoms with E-state index in [4.69, 9.17) is 0 Å². The Morgan fingerprint density at radius 1 is 1.19 bits per heavy atom. The first-order valence-corrected chi connectivity index (χ1v) is 7.49. The van der Waals surface area contributed by atoms with Gasteiger partial charge in [-0.15, -0.1) is 16.4 Å². The van der Waals surface area contributed by atoms with Gasteiger partial charge in [-0.05, 0) is 30.0 Å². The predicted molar refractivity (Wildman–Crippen MR) is 81.7 cm³/mol. The van der Waals surface area contributed by atoms with Gasteiger partial charge in [-0.1, -0.05) is 29.5 Å².